The van der Waals surface area contributed by atoms with Crippen LogP contribution in [0.2, 0.25) is 5.02 Å². The summed E-state index contributed by atoms with van der Waals surface area (Å²) in [5, 5.41) is 0.500. The molecule has 0 fully saturated rings. The van der Waals surface area contributed by atoms with Crippen LogP contribution >= 0.6 is 11.6 Å². The first-order chi connectivity index (χ1) is 13.7. The second-order valence-electron chi connectivity index (χ2n) is 6.58. The van der Waals surface area contributed by atoms with Crippen LogP contribution < -0.4 is 10.3 Å². The van der Waals surface area contributed by atoms with E-state index in [4.69, 9.17) is 11.6 Å². The van der Waals surface area contributed by atoms with Crippen LogP contribution in [0.25, 0.3) is 11.3 Å². The van der Waals surface area contributed by atoms with Crippen molar-refractivity contribution in [1.29, 1.82) is 0 Å². The highest BCUT2D eigenvalue weighted by atomic mass is 35.5. The molecule has 0 aliphatic carbocycles. The van der Waals surface area contributed by atoms with E-state index in [1.807, 2.05) is 0 Å². The number of hydrogen-bond donors (Lipinski definition) is 1. The number of rotatable bonds is 6. The molecule has 0 amide bonds. The van der Waals surface area contributed by atoms with Gasteiger partial charge >= 0.3 is 0 Å². The smallest absolute Gasteiger partial charge is 0.253 e. The summed E-state index contributed by atoms with van der Waals surface area (Å²) in [5.41, 5.74) is 1.89. The van der Waals surface area contributed by atoms with Crippen molar-refractivity contribution in [2.24, 2.45) is 0 Å². The van der Waals surface area contributed by atoms with Gasteiger partial charge in [-0.1, -0.05) is 11.6 Å². The van der Waals surface area contributed by atoms with Crippen LogP contribution in [0.5, 0.6) is 0 Å². The number of hydrogen-bond acceptors (Lipinski definition) is 4. The van der Waals surface area contributed by atoms with Gasteiger partial charge < -0.3 is 0 Å². The Labute approximate surface area is 173 Å². The van der Waals surface area contributed by atoms with E-state index in [1.165, 1.54) is 47.3 Å². The zero-order valence-electron chi connectivity index (χ0n) is 15.8. The Morgan fingerprint density at radius 1 is 1.10 bits per heavy atom. The SMILES string of the molecule is Cc1cc(S(=O)(=O)NCCn2cnc(-c3ccc(F)cc3)cc2=O)c(C)cc1Cl. The average Bonchev–Trinajstić information content (AvgIpc) is 2.66. The maximum Gasteiger partial charge on any atom is 0.253 e. The Bertz CT molecular complexity index is 1210. The van der Waals surface area contributed by atoms with E-state index in [0.717, 1.165) is 0 Å². The molecule has 0 aliphatic heterocycles. The summed E-state index contributed by atoms with van der Waals surface area (Å²) in [5.74, 6) is -0.375. The fourth-order valence-corrected chi connectivity index (χ4v) is 4.34. The largest absolute Gasteiger partial charge is 0.298 e. The van der Waals surface area contributed by atoms with Gasteiger partial charge in [0.15, 0.2) is 0 Å². The second kappa shape index (κ2) is 8.44. The van der Waals surface area contributed by atoms with E-state index in [2.05, 4.69) is 9.71 Å². The summed E-state index contributed by atoms with van der Waals surface area (Å²) in [6, 6.07) is 10.1. The molecule has 1 heterocycles. The lowest BCUT2D eigenvalue weighted by atomic mass is 10.1. The van der Waals surface area contributed by atoms with E-state index < -0.39 is 10.0 Å². The predicted octanol–water partition coefficient (Wildman–Crippen LogP) is 3.30. The van der Waals surface area contributed by atoms with Crippen molar-refractivity contribution < 1.29 is 12.8 Å². The fourth-order valence-electron chi connectivity index (χ4n) is 2.79. The first-order valence-corrected chi connectivity index (χ1v) is 10.6. The van der Waals surface area contributed by atoms with E-state index in [1.54, 1.807) is 19.9 Å². The van der Waals surface area contributed by atoms with Gasteiger partial charge in [-0.3, -0.25) is 9.36 Å². The predicted molar refractivity (Wildman–Crippen MR) is 110 cm³/mol. The van der Waals surface area contributed by atoms with Gasteiger partial charge in [-0.15, -0.1) is 0 Å². The standard InChI is InChI=1S/C20H19ClFN3O3S/c1-13-10-19(14(2)9-17(13)21)29(27,28)24-7-8-25-12-23-18(11-20(25)26)15-3-5-16(22)6-4-15/h3-6,9-12,24H,7-8H2,1-2H3. The number of aromatic nitrogens is 2. The van der Waals surface area contributed by atoms with Crippen LogP contribution in [0.15, 0.2) is 58.5 Å². The molecular formula is C20H19ClFN3O3S. The molecule has 0 radical (unpaired) electrons. The molecule has 0 atom stereocenters. The van der Waals surface area contributed by atoms with Gasteiger partial charge in [0.25, 0.3) is 5.56 Å². The van der Waals surface area contributed by atoms with Gasteiger partial charge in [0.2, 0.25) is 10.0 Å². The van der Waals surface area contributed by atoms with Crippen molar-refractivity contribution in [3.8, 4) is 11.3 Å². The van der Waals surface area contributed by atoms with E-state index in [9.17, 15) is 17.6 Å². The molecule has 0 saturated carbocycles. The second-order valence-corrected chi connectivity index (χ2v) is 8.72. The molecule has 6 nitrogen and oxygen atoms in total. The highest BCUT2D eigenvalue weighted by Gasteiger charge is 2.18. The quantitative estimate of drug-likeness (QED) is 0.644. The Kier molecular flexibility index (Phi) is 6.16. The number of aryl methyl sites for hydroxylation is 2. The highest BCUT2D eigenvalue weighted by Crippen LogP contribution is 2.23. The average molecular weight is 436 g/mol. The lowest BCUT2D eigenvalue weighted by Crippen LogP contribution is -2.31. The van der Waals surface area contributed by atoms with E-state index >= 15 is 0 Å². The molecule has 0 saturated heterocycles. The molecule has 3 rings (SSSR count). The third-order valence-electron chi connectivity index (χ3n) is 4.41. The summed E-state index contributed by atoms with van der Waals surface area (Å²) < 4.78 is 42.0. The number of benzene rings is 2. The van der Waals surface area contributed by atoms with E-state index in [-0.39, 0.29) is 29.4 Å². The van der Waals surface area contributed by atoms with Crippen molar-refractivity contribution >= 4 is 21.6 Å². The van der Waals surface area contributed by atoms with Crippen LogP contribution in [-0.4, -0.2) is 24.5 Å². The minimum absolute atomic E-state index is 0.0148. The number of nitrogens with one attached hydrogen (secondary N) is 1. The third-order valence-corrected chi connectivity index (χ3v) is 6.42. The summed E-state index contributed by atoms with van der Waals surface area (Å²) >= 11 is 6.02. The summed E-state index contributed by atoms with van der Waals surface area (Å²) in [4.78, 5) is 16.6. The van der Waals surface area contributed by atoms with Gasteiger partial charge in [0.05, 0.1) is 16.9 Å². The van der Waals surface area contributed by atoms with Crippen molar-refractivity contribution in [2.75, 3.05) is 6.54 Å². The molecule has 152 valence electrons. The fraction of sp³-hybridized carbons (Fsp3) is 0.200. The van der Waals surface area contributed by atoms with Crippen molar-refractivity contribution in [3.05, 3.63) is 81.1 Å². The van der Waals surface area contributed by atoms with E-state index in [0.29, 0.717) is 27.4 Å². The molecule has 0 aliphatic rings. The Morgan fingerprint density at radius 2 is 1.79 bits per heavy atom. The van der Waals surface area contributed by atoms with Crippen LogP contribution in [0, 0.1) is 19.7 Å². The first-order valence-electron chi connectivity index (χ1n) is 8.76. The molecule has 0 bridgehead atoms. The molecule has 9 heteroatoms. The Morgan fingerprint density at radius 3 is 2.45 bits per heavy atom. The molecule has 1 N–H and O–H groups in total. The summed E-state index contributed by atoms with van der Waals surface area (Å²) in [6.45, 7) is 3.53. The maximum atomic E-state index is 13.0. The summed E-state index contributed by atoms with van der Waals surface area (Å²) in [6.07, 6.45) is 1.34. The summed E-state index contributed by atoms with van der Waals surface area (Å²) in [7, 11) is -3.75. The monoisotopic (exact) mass is 435 g/mol. The van der Waals surface area contributed by atoms with Crippen LogP contribution in [-0.2, 0) is 16.6 Å². The maximum absolute atomic E-state index is 13.0. The van der Waals surface area contributed by atoms with Gasteiger partial charge in [-0.25, -0.2) is 22.5 Å². The Hall–Kier alpha value is -2.55. The zero-order valence-corrected chi connectivity index (χ0v) is 17.4. The number of sulfonamides is 1. The molecule has 1 aromatic heterocycles. The molecule has 0 unspecified atom stereocenters. The normalized spacial score (nSPS) is 11.6. The molecule has 29 heavy (non-hydrogen) atoms. The van der Waals surface area contributed by atoms with Gasteiger partial charge in [0, 0.05) is 29.7 Å². The highest BCUT2D eigenvalue weighted by molar-refractivity contribution is 7.89. The molecule has 0 spiro atoms. The topological polar surface area (TPSA) is 81.1 Å². The van der Waals surface area contributed by atoms with Gasteiger partial charge in [-0.05, 0) is 61.4 Å². The van der Waals surface area contributed by atoms with Crippen LogP contribution in [0.4, 0.5) is 4.39 Å². The van der Waals surface area contributed by atoms with Gasteiger partial charge in [-0.2, -0.15) is 0 Å². The Balaban J connectivity index is 1.71. The molecular weight excluding hydrogens is 417 g/mol. The molecule has 3 aromatic rings. The number of nitrogens with zero attached hydrogens (tertiary/aromatic N) is 2. The third kappa shape index (κ3) is 4.90. The zero-order chi connectivity index (χ0) is 21.2. The first kappa shape index (κ1) is 21.2. The van der Waals surface area contributed by atoms with Crippen molar-refractivity contribution in [3.63, 3.8) is 0 Å². The lowest BCUT2D eigenvalue weighted by molar-refractivity contribution is 0.568. The number of halogens is 2. The van der Waals surface area contributed by atoms with Crippen molar-refractivity contribution in [1.82, 2.24) is 14.3 Å². The molecule has 2 aromatic carbocycles. The van der Waals surface area contributed by atoms with Gasteiger partial charge in [0.1, 0.15) is 5.82 Å². The van der Waals surface area contributed by atoms with Crippen LogP contribution in [0.3, 0.4) is 0 Å². The lowest BCUT2D eigenvalue weighted by Gasteiger charge is -2.12. The minimum atomic E-state index is -3.75. The van der Waals surface area contributed by atoms with Crippen LogP contribution in [0.1, 0.15) is 11.1 Å². The minimum Gasteiger partial charge on any atom is -0.298 e. The van der Waals surface area contributed by atoms with Crippen molar-refractivity contribution in [2.45, 2.75) is 25.3 Å².